The minimum atomic E-state index is 0.731. The van der Waals surface area contributed by atoms with Crippen LogP contribution < -0.4 is 5.32 Å². The first-order valence-electron chi connectivity index (χ1n) is 6.67. The Bertz CT molecular complexity index is 531. The smallest absolute Gasteiger partial charge is 0.101 e. The molecule has 4 heteroatoms. The Morgan fingerprint density at radius 1 is 1.25 bits per heavy atom. The molecule has 0 saturated carbocycles. The Kier molecular flexibility index (Phi) is 6.05. The third-order valence-corrected chi connectivity index (χ3v) is 3.94. The molecule has 1 aromatic heterocycles. The topological polar surface area (TPSA) is 34.1 Å². The van der Waals surface area contributed by atoms with Crippen LogP contribution in [0.4, 0.5) is 0 Å². The second kappa shape index (κ2) is 8.04. The van der Waals surface area contributed by atoms with Gasteiger partial charge in [-0.2, -0.15) is 0 Å². The van der Waals surface area contributed by atoms with E-state index in [0.717, 1.165) is 24.7 Å². The molecule has 1 aromatic carbocycles. The van der Waals surface area contributed by atoms with Crippen LogP contribution in [0.25, 0.3) is 0 Å². The number of aromatic nitrogens is 1. The molecule has 0 saturated heterocycles. The quantitative estimate of drug-likeness (QED) is 0.793. The van der Waals surface area contributed by atoms with Crippen LogP contribution >= 0.6 is 11.8 Å². The molecule has 3 nitrogen and oxygen atoms in total. The van der Waals surface area contributed by atoms with E-state index in [1.807, 2.05) is 24.4 Å². The van der Waals surface area contributed by atoms with Gasteiger partial charge in [0.2, 0.25) is 0 Å². The van der Waals surface area contributed by atoms with Crippen LogP contribution in [0.15, 0.2) is 52.5 Å². The molecule has 0 fully saturated rings. The summed E-state index contributed by atoms with van der Waals surface area (Å²) in [5.74, 6) is 0. The largest absolute Gasteiger partial charge is 0.383 e. The number of hydrogen-bond acceptors (Lipinski definition) is 4. The van der Waals surface area contributed by atoms with Crippen molar-refractivity contribution in [3.8, 4) is 0 Å². The van der Waals surface area contributed by atoms with Crippen molar-refractivity contribution in [2.24, 2.45) is 0 Å². The maximum atomic E-state index is 5.05. The fourth-order valence-corrected chi connectivity index (χ4v) is 2.75. The fraction of sp³-hybridized carbons (Fsp3) is 0.312. The molecule has 0 aliphatic heterocycles. The lowest BCUT2D eigenvalue weighted by atomic mass is 10.1. The number of benzene rings is 1. The minimum absolute atomic E-state index is 0.731. The highest BCUT2D eigenvalue weighted by Crippen LogP contribution is 2.29. The highest BCUT2D eigenvalue weighted by atomic mass is 32.2. The van der Waals surface area contributed by atoms with Crippen molar-refractivity contribution in [3.63, 3.8) is 0 Å². The summed E-state index contributed by atoms with van der Waals surface area (Å²) in [6, 6.07) is 12.5. The number of aryl methyl sites for hydroxylation is 1. The Hall–Kier alpha value is -1.36. The monoisotopic (exact) mass is 288 g/mol. The minimum Gasteiger partial charge on any atom is -0.383 e. The second-order valence-corrected chi connectivity index (χ2v) is 5.61. The first kappa shape index (κ1) is 15.0. The van der Waals surface area contributed by atoms with E-state index in [0.29, 0.717) is 0 Å². The summed E-state index contributed by atoms with van der Waals surface area (Å²) in [6.45, 7) is 4.56. The van der Waals surface area contributed by atoms with E-state index in [-0.39, 0.29) is 0 Å². The van der Waals surface area contributed by atoms with Gasteiger partial charge in [-0.15, -0.1) is 0 Å². The molecule has 0 unspecified atom stereocenters. The maximum Gasteiger partial charge on any atom is 0.101 e. The Morgan fingerprint density at radius 2 is 2.15 bits per heavy atom. The van der Waals surface area contributed by atoms with Crippen LogP contribution in [0, 0.1) is 6.92 Å². The van der Waals surface area contributed by atoms with Crippen molar-refractivity contribution in [1.29, 1.82) is 0 Å². The molecule has 20 heavy (non-hydrogen) atoms. The molecule has 0 bridgehead atoms. The van der Waals surface area contributed by atoms with Gasteiger partial charge < -0.3 is 10.1 Å². The van der Waals surface area contributed by atoms with Crippen LogP contribution in [0.2, 0.25) is 0 Å². The zero-order valence-corrected chi connectivity index (χ0v) is 12.7. The highest BCUT2D eigenvalue weighted by molar-refractivity contribution is 7.99. The van der Waals surface area contributed by atoms with Crippen LogP contribution in [-0.2, 0) is 11.3 Å². The van der Waals surface area contributed by atoms with Gasteiger partial charge in [-0.3, -0.25) is 0 Å². The van der Waals surface area contributed by atoms with E-state index < -0.39 is 0 Å². The molecule has 1 heterocycles. The average molecular weight is 288 g/mol. The number of rotatable bonds is 7. The van der Waals surface area contributed by atoms with Crippen molar-refractivity contribution in [3.05, 3.63) is 53.7 Å². The third kappa shape index (κ3) is 4.63. The summed E-state index contributed by atoms with van der Waals surface area (Å²) >= 11 is 1.70. The zero-order chi connectivity index (χ0) is 14.2. The van der Waals surface area contributed by atoms with Crippen molar-refractivity contribution in [2.45, 2.75) is 23.4 Å². The second-order valence-electron chi connectivity index (χ2n) is 4.55. The SMILES string of the molecule is COCCNCc1cc(C)ccc1Sc1ccccn1. The standard InChI is InChI=1S/C16H20N2OS/c1-13-6-7-15(20-16-5-3-4-8-18-16)14(11-13)12-17-9-10-19-2/h3-8,11,17H,9-10,12H2,1-2H3. The van der Waals surface area contributed by atoms with Gasteiger partial charge in [0.25, 0.3) is 0 Å². The fourth-order valence-electron chi connectivity index (χ4n) is 1.86. The molecular weight excluding hydrogens is 268 g/mol. The molecule has 0 aliphatic carbocycles. The Balaban J connectivity index is 2.07. The van der Waals surface area contributed by atoms with Gasteiger partial charge in [0.15, 0.2) is 0 Å². The molecule has 0 amide bonds. The molecule has 0 atom stereocenters. The average Bonchev–Trinajstić information content (AvgIpc) is 2.47. The molecule has 0 spiro atoms. The summed E-state index contributed by atoms with van der Waals surface area (Å²) in [6.07, 6.45) is 1.83. The molecule has 0 radical (unpaired) electrons. The lowest BCUT2D eigenvalue weighted by molar-refractivity contribution is 0.199. The van der Waals surface area contributed by atoms with Gasteiger partial charge in [-0.25, -0.2) is 4.98 Å². The van der Waals surface area contributed by atoms with Crippen LogP contribution in [0.3, 0.4) is 0 Å². The first-order valence-corrected chi connectivity index (χ1v) is 7.49. The van der Waals surface area contributed by atoms with Crippen molar-refractivity contribution in [1.82, 2.24) is 10.3 Å². The van der Waals surface area contributed by atoms with E-state index in [1.165, 1.54) is 16.0 Å². The van der Waals surface area contributed by atoms with E-state index in [4.69, 9.17) is 4.74 Å². The van der Waals surface area contributed by atoms with Crippen molar-refractivity contribution in [2.75, 3.05) is 20.3 Å². The number of pyridine rings is 1. The van der Waals surface area contributed by atoms with Crippen molar-refractivity contribution >= 4 is 11.8 Å². The number of nitrogens with zero attached hydrogens (tertiary/aromatic N) is 1. The predicted octanol–water partition coefficient (Wildman–Crippen LogP) is 3.28. The Labute approximate surface area is 124 Å². The lowest BCUT2D eigenvalue weighted by Crippen LogP contribution is -2.19. The normalized spacial score (nSPS) is 10.7. The van der Waals surface area contributed by atoms with Gasteiger partial charge in [-0.1, -0.05) is 35.5 Å². The summed E-state index contributed by atoms with van der Waals surface area (Å²) in [7, 11) is 1.72. The van der Waals surface area contributed by atoms with Gasteiger partial charge >= 0.3 is 0 Å². The van der Waals surface area contributed by atoms with E-state index in [1.54, 1.807) is 18.9 Å². The van der Waals surface area contributed by atoms with E-state index >= 15 is 0 Å². The molecule has 2 aromatic rings. The molecular formula is C16H20N2OS. The lowest BCUT2D eigenvalue weighted by Gasteiger charge is -2.11. The van der Waals surface area contributed by atoms with Crippen LogP contribution in [-0.4, -0.2) is 25.2 Å². The van der Waals surface area contributed by atoms with E-state index in [9.17, 15) is 0 Å². The van der Waals surface area contributed by atoms with Crippen LogP contribution in [0.1, 0.15) is 11.1 Å². The number of hydrogen-bond donors (Lipinski definition) is 1. The van der Waals surface area contributed by atoms with Crippen LogP contribution in [0.5, 0.6) is 0 Å². The van der Waals surface area contributed by atoms with Gasteiger partial charge in [0, 0.05) is 31.3 Å². The van der Waals surface area contributed by atoms with Gasteiger partial charge in [0.1, 0.15) is 5.03 Å². The number of nitrogens with one attached hydrogen (secondary N) is 1. The van der Waals surface area contributed by atoms with E-state index in [2.05, 4.69) is 35.4 Å². The first-order chi connectivity index (χ1) is 9.79. The summed E-state index contributed by atoms with van der Waals surface area (Å²) in [5.41, 5.74) is 2.58. The molecule has 0 aliphatic rings. The van der Waals surface area contributed by atoms with Gasteiger partial charge in [-0.05, 0) is 30.7 Å². The molecule has 106 valence electrons. The Morgan fingerprint density at radius 3 is 2.90 bits per heavy atom. The highest BCUT2D eigenvalue weighted by Gasteiger charge is 2.05. The number of methoxy groups -OCH3 is 1. The van der Waals surface area contributed by atoms with Crippen molar-refractivity contribution < 1.29 is 4.74 Å². The maximum absolute atomic E-state index is 5.05. The molecule has 2 rings (SSSR count). The zero-order valence-electron chi connectivity index (χ0n) is 11.9. The number of ether oxygens (including phenoxy) is 1. The summed E-state index contributed by atoms with van der Waals surface area (Å²) in [5, 5.41) is 4.42. The van der Waals surface area contributed by atoms with Gasteiger partial charge in [0.05, 0.1) is 6.61 Å². The summed E-state index contributed by atoms with van der Waals surface area (Å²) < 4.78 is 5.05. The predicted molar refractivity (Wildman–Crippen MR) is 83.1 cm³/mol. The summed E-state index contributed by atoms with van der Waals surface area (Å²) in [4.78, 5) is 5.62. The molecule has 1 N–H and O–H groups in total. The third-order valence-electron chi connectivity index (χ3n) is 2.87.